The lowest BCUT2D eigenvalue weighted by Gasteiger charge is -2.02. The fraction of sp³-hybridized carbons (Fsp3) is 0.231. The Morgan fingerprint density at radius 1 is 1.35 bits per heavy atom. The molecule has 0 atom stereocenters. The van der Waals surface area contributed by atoms with E-state index in [0.717, 1.165) is 41.2 Å². The number of benzene rings is 1. The number of rotatable bonds is 4. The van der Waals surface area contributed by atoms with E-state index in [0.29, 0.717) is 5.69 Å². The molecule has 0 radical (unpaired) electrons. The van der Waals surface area contributed by atoms with E-state index in [-0.39, 0.29) is 0 Å². The molecule has 0 unspecified atom stereocenters. The number of halogens is 1. The number of carbonyl (C=O) groups excluding carboxylic acids is 1. The molecule has 0 spiro atoms. The van der Waals surface area contributed by atoms with Crippen LogP contribution in [0.5, 0.6) is 0 Å². The molecule has 4 heteroatoms. The predicted octanol–water partition coefficient (Wildman–Crippen LogP) is 2.97. The molecule has 0 bridgehead atoms. The molecule has 1 heterocycles. The maximum atomic E-state index is 10.8. The maximum Gasteiger partial charge on any atom is 0.170 e. The molecule has 2 rings (SSSR count). The number of aromatic amines is 1. The van der Waals surface area contributed by atoms with E-state index in [4.69, 9.17) is 11.6 Å². The molecule has 0 saturated carbocycles. The highest BCUT2D eigenvalue weighted by Gasteiger charge is 2.08. The van der Waals surface area contributed by atoms with Crippen LogP contribution in [-0.2, 0) is 12.8 Å². The second-order valence-corrected chi connectivity index (χ2v) is 4.30. The van der Waals surface area contributed by atoms with Crippen LogP contribution in [0.25, 0.3) is 0 Å². The normalized spacial score (nSPS) is 10.5. The number of imidazole rings is 1. The van der Waals surface area contributed by atoms with E-state index in [1.54, 1.807) is 0 Å². The molecular weight excluding hydrogens is 236 g/mol. The number of aromatic nitrogens is 2. The molecule has 0 fully saturated rings. The van der Waals surface area contributed by atoms with Gasteiger partial charge in [0, 0.05) is 10.7 Å². The first kappa shape index (κ1) is 11.9. The zero-order valence-electron chi connectivity index (χ0n) is 9.53. The minimum absolute atomic E-state index is 0.495. The first-order chi connectivity index (χ1) is 8.20. The summed E-state index contributed by atoms with van der Waals surface area (Å²) < 4.78 is 0. The molecule has 0 aliphatic rings. The van der Waals surface area contributed by atoms with Crippen LogP contribution in [0.4, 0.5) is 0 Å². The molecule has 1 aromatic carbocycles. The summed E-state index contributed by atoms with van der Waals surface area (Å²) in [4.78, 5) is 18.0. The highest BCUT2D eigenvalue weighted by Crippen LogP contribution is 2.17. The third-order valence-corrected chi connectivity index (χ3v) is 3.01. The Morgan fingerprint density at radius 3 is 2.82 bits per heavy atom. The van der Waals surface area contributed by atoms with E-state index >= 15 is 0 Å². The van der Waals surface area contributed by atoms with Gasteiger partial charge in [0.05, 0.1) is 0 Å². The Balaban J connectivity index is 2.12. The second kappa shape index (κ2) is 5.15. The van der Waals surface area contributed by atoms with E-state index in [9.17, 15) is 4.79 Å². The monoisotopic (exact) mass is 248 g/mol. The van der Waals surface area contributed by atoms with Crippen molar-refractivity contribution in [1.29, 1.82) is 0 Å². The van der Waals surface area contributed by atoms with Gasteiger partial charge in [0.1, 0.15) is 11.5 Å². The predicted molar refractivity (Wildman–Crippen MR) is 67.6 cm³/mol. The van der Waals surface area contributed by atoms with Crippen molar-refractivity contribution in [3.8, 4) is 0 Å². The third-order valence-electron chi connectivity index (χ3n) is 2.64. The van der Waals surface area contributed by atoms with Gasteiger partial charge in [-0.25, -0.2) is 4.98 Å². The Kier molecular flexibility index (Phi) is 3.59. The van der Waals surface area contributed by atoms with Gasteiger partial charge in [-0.1, -0.05) is 29.8 Å². The Bertz CT molecular complexity index is 534. The molecule has 0 aliphatic carbocycles. The molecule has 1 aromatic heterocycles. The molecule has 17 heavy (non-hydrogen) atoms. The van der Waals surface area contributed by atoms with Gasteiger partial charge in [-0.2, -0.15) is 0 Å². The second-order valence-electron chi connectivity index (χ2n) is 3.90. The van der Waals surface area contributed by atoms with Crippen molar-refractivity contribution in [2.75, 3.05) is 0 Å². The molecule has 0 amide bonds. The number of H-pyrrole nitrogens is 1. The number of hydrogen-bond donors (Lipinski definition) is 1. The SMILES string of the molecule is Cc1nc(C=O)c(CCc2ccccc2Cl)[nH]1. The van der Waals surface area contributed by atoms with Crippen molar-refractivity contribution in [1.82, 2.24) is 9.97 Å². The number of aldehydes is 1. The van der Waals surface area contributed by atoms with Crippen LogP contribution >= 0.6 is 11.6 Å². The first-order valence-corrected chi connectivity index (χ1v) is 5.82. The first-order valence-electron chi connectivity index (χ1n) is 5.45. The van der Waals surface area contributed by atoms with E-state index in [1.807, 2.05) is 31.2 Å². The maximum absolute atomic E-state index is 10.8. The zero-order valence-corrected chi connectivity index (χ0v) is 10.3. The minimum Gasteiger partial charge on any atom is -0.345 e. The topological polar surface area (TPSA) is 45.8 Å². The van der Waals surface area contributed by atoms with Crippen LogP contribution in [0, 0.1) is 6.92 Å². The van der Waals surface area contributed by atoms with Crippen LogP contribution in [0.2, 0.25) is 5.02 Å². The highest BCUT2D eigenvalue weighted by atomic mass is 35.5. The quantitative estimate of drug-likeness (QED) is 0.846. The zero-order chi connectivity index (χ0) is 12.3. The van der Waals surface area contributed by atoms with E-state index in [2.05, 4.69) is 9.97 Å². The van der Waals surface area contributed by atoms with Gasteiger partial charge >= 0.3 is 0 Å². The van der Waals surface area contributed by atoms with Crippen molar-refractivity contribution in [3.63, 3.8) is 0 Å². The van der Waals surface area contributed by atoms with Gasteiger partial charge in [-0.15, -0.1) is 0 Å². The molecule has 3 nitrogen and oxygen atoms in total. The van der Waals surface area contributed by atoms with Gasteiger partial charge in [-0.05, 0) is 31.4 Å². The van der Waals surface area contributed by atoms with Gasteiger partial charge in [0.2, 0.25) is 0 Å². The Morgan fingerprint density at radius 2 is 2.12 bits per heavy atom. The van der Waals surface area contributed by atoms with E-state index in [1.165, 1.54) is 0 Å². The number of nitrogens with zero attached hydrogens (tertiary/aromatic N) is 1. The number of nitrogens with one attached hydrogen (secondary N) is 1. The fourth-order valence-corrected chi connectivity index (χ4v) is 2.04. The number of hydrogen-bond acceptors (Lipinski definition) is 2. The molecule has 2 aromatic rings. The van der Waals surface area contributed by atoms with Crippen LogP contribution < -0.4 is 0 Å². The standard InChI is InChI=1S/C13H13ClN2O/c1-9-15-12(13(8-17)16-9)7-6-10-4-2-3-5-11(10)14/h2-5,8H,6-7H2,1H3,(H,15,16). The summed E-state index contributed by atoms with van der Waals surface area (Å²) in [6.07, 6.45) is 2.31. The smallest absolute Gasteiger partial charge is 0.170 e. The Hall–Kier alpha value is -1.61. The molecular formula is C13H13ClN2O. The van der Waals surface area contributed by atoms with Crippen LogP contribution in [0.15, 0.2) is 24.3 Å². The number of carbonyl (C=O) groups is 1. The summed E-state index contributed by atoms with van der Waals surface area (Å²) in [5, 5.41) is 0.761. The van der Waals surface area contributed by atoms with Crippen molar-refractivity contribution in [2.24, 2.45) is 0 Å². The van der Waals surface area contributed by atoms with Crippen molar-refractivity contribution in [3.05, 3.63) is 52.1 Å². The van der Waals surface area contributed by atoms with Crippen LogP contribution in [-0.4, -0.2) is 16.3 Å². The minimum atomic E-state index is 0.495. The molecule has 0 saturated heterocycles. The summed E-state index contributed by atoms with van der Waals surface area (Å²) in [5.74, 6) is 0.765. The summed E-state index contributed by atoms with van der Waals surface area (Å²) in [6, 6.07) is 7.73. The van der Waals surface area contributed by atoms with E-state index < -0.39 is 0 Å². The molecule has 0 aliphatic heterocycles. The van der Waals surface area contributed by atoms with Crippen molar-refractivity contribution < 1.29 is 4.79 Å². The van der Waals surface area contributed by atoms with Crippen molar-refractivity contribution >= 4 is 17.9 Å². The third kappa shape index (κ3) is 2.74. The summed E-state index contributed by atoms with van der Waals surface area (Å²) in [5.41, 5.74) is 2.45. The van der Waals surface area contributed by atoms with Gasteiger partial charge < -0.3 is 4.98 Å². The fourth-order valence-electron chi connectivity index (χ4n) is 1.81. The lowest BCUT2D eigenvalue weighted by Crippen LogP contribution is -1.96. The van der Waals surface area contributed by atoms with Gasteiger partial charge in [0.15, 0.2) is 6.29 Å². The van der Waals surface area contributed by atoms with Crippen molar-refractivity contribution in [2.45, 2.75) is 19.8 Å². The lowest BCUT2D eigenvalue weighted by atomic mass is 10.1. The molecule has 88 valence electrons. The summed E-state index contributed by atoms with van der Waals surface area (Å²) in [6.45, 7) is 1.84. The van der Waals surface area contributed by atoms with Gasteiger partial charge in [-0.3, -0.25) is 4.79 Å². The summed E-state index contributed by atoms with van der Waals surface area (Å²) in [7, 11) is 0. The number of aryl methyl sites for hydroxylation is 3. The lowest BCUT2D eigenvalue weighted by molar-refractivity contribution is 0.111. The van der Waals surface area contributed by atoms with Gasteiger partial charge in [0.25, 0.3) is 0 Å². The van der Waals surface area contributed by atoms with Crippen LogP contribution in [0.3, 0.4) is 0 Å². The Labute approximate surface area is 105 Å². The molecule has 1 N–H and O–H groups in total. The summed E-state index contributed by atoms with van der Waals surface area (Å²) >= 11 is 6.07. The average molecular weight is 249 g/mol. The highest BCUT2D eigenvalue weighted by molar-refractivity contribution is 6.31. The largest absolute Gasteiger partial charge is 0.345 e. The van der Waals surface area contributed by atoms with Crippen LogP contribution in [0.1, 0.15) is 27.6 Å². The average Bonchev–Trinajstić information content (AvgIpc) is 2.69.